The summed E-state index contributed by atoms with van der Waals surface area (Å²) < 4.78 is 5.25. The van der Waals surface area contributed by atoms with Crippen LogP contribution in [0.25, 0.3) is 11.4 Å². The van der Waals surface area contributed by atoms with Crippen LogP contribution in [0.2, 0.25) is 0 Å². The topological polar surface area (TPSA) is 74.5 Å². The van der Waals surface area contributed by atoms with Gasteiger partial charge in [-0.05, 0) is 18.5 Å². The Morgan fingerprint density at radius 3 is 2.96 bits per heavy atom. The number of carbonyl (C=O) groups excluding carboxylic acids is 1. The summed E-state index contributed by atoms with van der Waals surface area (Å²) >= 11 is 1.59. The van der Waals surface area contributed by atoms with Crippen molar-refractivity contribution in [1.29, 1.82) is 0 Å². The molecule has 1 amide bonds. The number of nitrogens with one attached hydrogen (secondary N) is 1. The lowest BCUT2D eigenvalue weighted by Crippen LogP contribution is -2.49. The van der Waals surface area contributed by atoms with Crippen molar-refractivity contribution in [3.8, 4) is 11.4 Å². The Balaban J connectivity index is 0.00000192. The van der Waals surface area contributed by atoms with Crippen LogP contribution >= 0.6 is 23.7 Å². The standard InChI is InChI=1S/C14H19N5O2S.ClH/c1-18(9-13(20)19-5-3-15-4-6-19)8-12-16-14(17-21-12)11-2-7-22-10-11;/h2,7,10,15H,3-6,8-9H2,1H3;1H. The number of thiophene rings is 1. The number of likely N-dealkylation sites (N-methyl/N-ethyl adjacent to an activating group) is 1. The van der Waals surface area contributed by atoms with Crippen LogP contribution in [0.5, 0.6) is 0 Å². The summed E-state index contributed by atoms with van der Waals surface area (Å²) in [6.45, 7) is 4.10. The van der Waals surface area contributed by atoms with Crippen molar-refractivity contribution in [1.82, 2.24) is 25.3 Å². The van der Waals surface area contributed by atoms with Crippen molar-refractivity contribution in [2.24, 2.45) is 0 Å². The first kappa shape index (κ1) is 17.9. The van der Waals surface area contributed by atoms with Gasteiger partial charge >= 0.3 is 0 Å². The lowest BCUT2D eigenvalue weighted by molar-refractivity contribution is -0.132. The second-order valence-corrected chi connectivity index (χ2v) is 6.11. The third-order valence-corrected chi connectivity index (χ3v) is 4.21. The SMILES string of the molecule is CN(CC(=O)N1CCNCC1)Cc1nc(-c2ccsc2)no1.Cl. The van der Waals surface area contributed by atoms with E-state index in [4.69, 9.17) is 4.52 Å². The van der Waals surface area contributed by atoms with Crippen molar-refractivity contribution in [2.75, 3.05) is 39.8 Å². The Morgan fingerprint density at radius 1 is 1.48 bits per heavy atom. The fourth-order valence-corrected chi connectivity index (χ4v) is 2.99. The van der Waals surface area contributed by atoms with E-state index in [-0.39, 0.29) is 18.3 Å². The summed E-state index contributed by atoms with van der Waals surface area (Å²) in [4.78, 5) is 20.3. The van der Waals surface area contributed by atoms with Gasteiger partial charge < -0.3 is 14.7 Å². The molecular formula is C14H20ClN5O2S. The number of nitrogens with zero attached hydrogens (tertiary/aromatic N) is 4. The molecule has 1 fully saturated rings. The highest BCUT2D eigenvalue weighted by Gasteiger charge is 2.19. The van der Waals surface area contributed by atoms with Gasteiger partial charge in [0.2, 0.25) is 17.6 Å². The molecule has 2 aromatic rings. The van der Waals surface area contributed by atoms with Crippen LogP contribution in [0.3, 0.4) is 0 Å². The Bertz CT molecular complexity index is 612. The summed E-state index contributed by atoms with van der Waals surface area (Å²) in [7, 11) is 1.88. The molecule has 1 N–H and O–H groups in total. The molecule has 126 valence electrons. The van der Waals surface area contributed by atoms with Gasteiger partial charge in [0.15, 0.2) is 0 Å². The summed E-state index contributed by atoms with van der Waals surface area (Å²) in [6, 6.07) is 1.96. The van der Waals surface area contributed by atoms with E-state index in [0.29, 0.717) is 24.8 Å². The molecule has 0 saturated carbocycles. The molecule has 0 spiro atoms. The summed E-state index contributed by atoms with van der Waals surface area (Å²) in [6.07, 6.45) is 0. The van der Waals surface area contributed by atoms with Gasteiger partial charge in [-0.25, -0.2) is 0 Å². The number of amides is 1. The van der Waals surface area contributed by atoms with Gasteiger partial charge in [-0.3, -0.25) is 9.69 Å². The van der Waals surface area contributed by atoms with E-state index in [9.17, 15) is 4.79 Å². The van der Waals surface area contributed by atoms with Crippen LogP contribution in [0.4, 0.5) is 0 Å². The molecule has 1 aliphatic heterocycles. The normalized spacial score (nSPS) is 14.8. The Kier molecular flexibility index (Phi) is 6.52. The maximum absolute atomic E-state index is 12.2. The summed E-state index contributed by atoms with van der Waals surface area (Å²) in [5.41, 5.74) is 0.958. The molecule has 2 aromatic heterocycles. The van der Waals surface area contributed by atoms with Gasteiger partial charge in [0.1, 0.15) is 0 Å². The third-order valence-electron chi connectivity index (χ3n) is 3.53. The first-order chi connectivity index (χ1) is 10.7. The van der Waals surface area contributed by atoms with Crippen LogP contribution in [0, 0.1) is 0 Å². The molecule has 3 heterocycles. The van der Waals surface area contributed by atoms with Crippen molar-refractivity contribution < 1.29 is 9.32 Å². The zero-order valence-corrected chi connectivity index (χ0v) is 14.5. The molecule has 0 unspecified atom stereocenters. The molecule has 0 aliphatic carbocycles. The highest BCUT2D eigenvalue weighted by atomic mass is 35.5. The maximum Gasteiger partial charge on any atom is 0.241 e. The molecule has 0 atom stereocenters. The van der Waals surface area contributed by atoms with Gasteiger partial charge in [0.25, 0.3) is 0 Å². The fraction of sp³-hybridized carbons (Fsp3) is 0.500. The van der Waals surface area contributed by atoms with E-state index in [0.717, 1.165) is 31.7 Å². The van der Waals surface area contributed by atoms with Crippen molar-refractivity contribution >= 4 is 29.7 Å². The first-order valence-corrected chi connectivity index (χ1v) is 8.19. The highest BCUT2D eigenvalue weighted by Crippen LogP contribution is 2.18. The smallest absolute Gasteiger partial charge is 0.241 e. The third kappa shape index (κ3) is 4.74. The molecule has 1 saturated heterocycles. The minimum atomic E-state index is 0. The van der Waals surface area contributed by atoms with Crippen LogP contribution in [0.1, 0.15) is 5.89 Å². The fourth-order valence-electron chi connectivity index (χ4n) is 2.36. The Hall–Kier alpha value is -1.48. The number of carbonyl (C=O) groups is 1. The second-order valence-electron chi connectivity index (χ2n) is 5.33. The minimum Gasteiger partial charge on any atom is -0.339 e. The molecule has 7 nitrogen and oxygen atoms in total. The molecule has 9 heteroatoms. The summed E-state index contributed by atoms with van der Waals surface area (Å²) in [5, 5.41) is 11.2. The van der Waals surface area contributed by atoms with Crippen molar-refractivity contribution in [3.05, 3.63) is 22.7 Å². The molecule has 3 rings (SSSR count). The number of rotatable bonds is 5. The second kappa shape index (κ2) is 8.39. The molecule has 23 heavy (non-hydrogen) atoms. The van der Waals surface area contributed by atoms with E-state index in [1.807, 2.05) is 33.7 Å². The Labute approximate surface area is 145 Å². The largest absolute Gasteiger partial charge is 0.339 e. The van der Waals surface area contributed by atoms with Gasteiger partial charge in [0.05, 0.1) is 13.1 Å². The van der Waals surface area contributed by atoms with E-state index in [1.165, 1.54) is 0 Å². The lowest BCUT2D eigenvalue weighted by Gasteiger charge is -2.28. The predicted octanol–water partition coefficient (Wildman–Crippen LogP) is 1.08. The number of aromatic nitrogens is 2. The van der Waals surface area contributed by atoms with Gasteiger partial charge in [-0.1, -0.05) is 5.16 Å². The maximum atomic E-state index is 12.2. The van der Waals surface area contributed by atoms with Crippen LogP contribution in [0.15, 0.2) is 21.3 Å². The van der Waals surface area contributed by atoms with E-state index < -0.39 is 0 Å². The van der Waals surface area contributed by atoms with E-state index >= 15 is 0 Å². The Morgan fingerprint density at radius 2 is 2.26 bits per heavy atom. The molecule has 0 bridgehead atoms. The molecule has 0 aromatic carbocycles. The number of hydrogen-bond donors (Lipinski definition) is 1. The molecule has 0 radical (unpaired) electrons. The predicted molar refractivity (Wildman–Crippen MR) is 90.6 cm³/mol. The highest BCUT2D eigenvalue weighted by molar-refractivity contribution is 7.08. The lowest BCUT2D eigenvalue weighted by atomic mass is 10.3. The number of halogens is 1. The van der Waals surface area contributed by atoms with Crippen LogP contribution < -0.4 is 5.32 Å². The van der Waals surface area contributed by atoms with Gasteiger partial charge in [-0.2, -0.15) is 16.3 Å². The van der Waals surface area contributed by atoms with Gasteiger partial charge in [-0.15, -0.1) is 12.4 Å². The first-order valence-electron chi connectivity index (χ1n) is 7.24. The van der Waals surface area contributed by atoms with Crippen LogP contribution in [-0.4, -0.2) is 65.6 Å². The zero-order valence-electron chi connectivity index (χ0n) is 12.9. The number of hydrogen-bond acceptors (Lipinski definition) is 7. The van der Waals surface area contributed by atoms with E-state index in [1.54, 1.807) is 11.3 Å². The average Bonchev–Trinajstić information content (AvgIpc) is 3.19. The quantitative estimate of drug-likeness (QED) is 0.863. The van der Waals surface area contributed by atoms with Crippen LogP contribution in [-0.2, 0) is 11.3 Å². The van der Waals surface area contributed by atoms with Crippen molar-refractivity contribution in [3.63, 3.8) is 0 Å². The summed E-state index contributed by atoms with van der Waals surface area (Å²) in [5.74, 6) is 1.26. The molecule has 1 aliphatic rings. The average molecular weight is 358 g/mol. The monoisotopic (exact) mass is 357 g/mol. The van der Waals surface area contributed by atoms with Gasteiger partial charge in [0, 0.05) is 37.1 Å². The molecular weight excluding hydrogens is 338 g/mol. The van der Waals surface area contributed by atoms with Crippen molar-refractivity contribution in [2.45, 2.75) is 6.54 Å². The minimum absolute atomic E-state index is 0. The van der Waals surface area contributed by atoms with E-state index in [2.05, 4.69) is 15.5 Å². The zero-order chi connectivity index (χ0) is 15.4. The number of piperazine rings is 1.